The molecule has 11 aromatic carbocycles. The van der Waals surface area contributed by atoms with E-state index in [4.69, 9.17) is 15.0 Å². The van der Waals surface area contributed by atoms with Crippen molar-refractivity contribution in [3.63, 3.8) is 0 Å². The Bertz CT molecular complexity index is 3910. The van der Waals surface area contributed by atoms with Crippen LogP contribution in [0.4, 0.5) is 0 Å². The maximum Gasteiger partial charge on any atom is 0.164 e. The number of hydrogen-bond donors (Lipinski definition) is 0. The molecule has 2 heterocycles. The molecule has 64 heavy (non-hydrogen) atoms. The van der Waals surface area contributed by atoms with E-state index in [-0.39, 0.29) is 0 Å². The van der Waals surface area contributed by atoms with Crippen molar-refractivity contribution in [3.8, 4) is 67.5 Å². The first-order valence-electron chi connectivity index (χ1n) is 21.7. The van der Waals surface area contributed by atoms with Crippen LogP contribution in [-0.2, 0) is 0 Å². The highest BCUT2D eigenvalue weighted by molar-refractivity contribution is 6.37. The van der Waals surface area contributed by atoms with Crippen molar-refractivity contribution in [1.82, 2.24) is 19.9 Å². The van der Waals surface area contributed by atoms with Crippen molar-refractivity contribution in [2.24, 2.45) is 0 Å². The Labute approximate surface area is 369 Å². The topological polar surface area (TPSA) is 51.6 Å². The molecule has 0 saturated carbocycles. The monoisotopic (exact) mass is 812 g/mol. The predicted octanol–water partition coefficient (Wildman–Crippen LogP) is 15.6. The quantitative estimate of drug-likeness (QED) is 0.157. The van der Waals surface area contributed by atoms with Crippen LogP contribution in [0.2, 0.25) is 0 Å². The number of fused-ring (bicyclic) bond motifs is 2. The fourth-order valence-corrected chi connectivity index (χ4v) is 9.92. The first kappa shape index (κ1) is 36.1. The van der Waals surface area contributed by atoms with E-state index in [1.54, 1.807) is 6.20 Å². The average molecular weight is 813 g/mol. The molecule has 0 saturated heterocycles. The smallest absolute Gasteiger partial charge is 0.164 e. The third kappa shape index (κ3) is 5.84. The summed E-state index contributed by atoms with van der Waals surface area (Å²) in [6, 6.07) is 74.2. The van der Waals surface area contributed by atoms with Crippen molar-refractivity contribution in [1.29, 1.82) is 0 Å². The first-order chi connectivity index (χ1) is 31.7. The Balaban J connectivity index is 0.957. The minimum atomic E-state index is 0.623. The summed E-state index contributed by atoms with van der Waals surface area (Å²) in [6.07, 6.45) is 3.67. The van der Waals surface area contributed by atoms with E-state index >= 15 is 0 Å². The van der Waals surface area contributed by atoms with Gasteiger partial charge in [0.25, 0.3) is 0 Å². The third-order valence-electron chi connectivity index (χ3n) is 12.9. The largest absolute Gasteiger partial charge is 0.264 e. The minimum absolute atomic E-state index is 0.623. The standard InChI is InChI=1S/C60H36N4/c1-2-10-42(11-3-1)58-62-59(43-28-21-37(22-29-43)46-15-9-33-61-36-46)64-60(63-58)44-30-23-38(24-31-44)48-16-4-5-17-49(48)47-34-45-32-27-41-13-7-19-51-50-18-6-12-39-25-26-40-14-8-20-52(56(40)54(39)50)53(35-47)57(45)55(41)51/h1-36H. The molecule has 0 unspecified atom stereocenters. The normalized spacial score (nSPS) is 11.8. The summed E-state index contributed by atoms with van der Waals surface area (Å²) < 4.78 is 0. The van der Waals surface area contributed by atoms with Gasteiger partial charge in [-0.25, -0.2) is 15.0 Å². The fourth-order valence-electron chi connectivity index (χ4n) is 9.92. The zero-order chi connectivity index (χ0) is 42.1. The lowest BCUT2D eigenvalue weighted by molar-refractivity contribution is 1.07. The van der Waals surface area contributed by atoms with Crippen molar-refractivity contribution >= 4 is 64.6 Å². The molecule has 0 amide bonds. The molecule has 4 nitrogen and oxygen atoms in total. The number of nitrogens with zero attached hydrogens (tertiary/aromatic N) is 4. The number of hydrogen-bond acceptors (Lipinski definition) is 4. The summed E-state index contributed by atoms with van der Waals surface area (Å²) in [5, 5.41) is 15.3. The highest BCUT2D eigenvalue weighted by atomic mass is 15.0. The van der Waals surface area contributed by atoms with Crippen LogP contribution in [-0.4, -0.2) is 19.9 Å². The van der Waals surface area contributed by atoms with Crippen molar-refractivity contribution < 1.29 is 0 Å². The molecule has 296 valence electrons. The highest BCUT2D eigenvalue weighted by Gasteiger charge is 2.18. The van der Waals surface area contributed by atoms with Crippen LogP contribution < -0.4 is 0 Å². The lowest BCUT2D eigenvalue weighted by atomic mass is 9.85. The van der Waals surface area contributed by atoms with Crippen LogP contribution >= 0.6 is 0 Å². The van der Waals surface area contributed by atoms with Gasteiger partial charge in [0, 0.05) is 29.1 Å². The second-order valence-electron chi connectivity index (χ2n) is 16.6. The molecule has 0 spiro atoms. The van der Waals surface area contributed by atoms with E-state index in [0.29, 0.717) is 17.5 Å². The van der Waals surface area contributed by atoms with Crippen molar-refractivity contribution in [3.05, 3.63) is 219 Å². The van der Waals surface area contributed by atoms with Crippen LogP contribution in [0.25, 0.3) is 132 Å². The predicted molar refractivity (Wildman–Crippen MR) is 266 cm³/mol. The Morgan fingerprint density at radius 2 is 0.688 bits per heavy atom. The second kappa shape index (κ2) is 14.5. The van der Waals surface area contributed by atoms with Gasteiger partial charge in [0.05, 0.1) is 0 Å². The van der Waals surface area contributed by atoms with E-state index in [2.05, 4.69) is 175 Å². The van der Waals surface area contributed by atoms with E-state index in [1.165, 1.54) is 75.8 Å². The van der Waals surface area contributed by atoms with Crippen LogP contribution in [0.15, 0.2) is 219 Å². The molecular formula is C60H36N4. The number of aromatic nitrogens is 4. The highest BCUT2D eigenvalue weighted by Crippen LogP contribution is 2.45. The summed E-state index contributed by atoms with van der Waals surface area (Å²) in [6.45, 7) is 0. The molecule has 0 aliphatic carbocycles. The number of benzene rings is 10. The molecule has 13 rings (SSSR count). The van der Waals surface area contributed by atoms with Crippen LogP contribution in [0.5, 0.6) is 0 Å². The summed E-state index contributed by atoms with van der Waals surface area (Å²) in [4.78, 5) is 19.4. The van der Waals surface area contributed by atoms with Gasteiger partial charge in [-0.15, -0.1) is 0 Å². The van der Waals surface area contributed by atoms with Gasteiger partial charge in [-0.2, -0.15) is 0 Å². The molecular weight excluding hydrogens is 777 g/mol. The molecule has 0 aliphatic heterocycles. The minimum Gasteiger partial charge on any atom is -0.264 e. The lowest BCUT2D eigenvalue weighted by Crippen LogP contribution is -2.00. The second-order valence-corrected chi connectivity index (χ2v) is 16.6. The molecule has 0 radical (unpaired) electrons. The van der Waals surface area contributed by atoms with E-state index in [1.807, 2.05) is 42.6 Å². The van der Waals surface area contributed by atoms with Gasteiger partial charge in [-0.1, -0.05) is 188 Å². The maximum absolute atomic E-state index is 5.07. The maximum atomic E-state index is 5.07. The molecule has 0 bridgehead atoms. The van der Waals surface area contributed by atoms with Gasteiger partial charge in [0.15, 0.2) is 17.5 Å². The Morgan fingerprint density at radius 3 is 1.23 bits per heavy atom. The van der Waals surface area contributed by atoms with Crippen molar-refractivity contribution in [2.75, 3.05) is 0 Å². The number of pyridine rings is 1. The number of rotatable bonds is 6. The molecule has 0 atom stereocenters. The first-order valence-corrected chi connectivity index (χ1v) is 21.7. The Hall–Kier alpha value is -8.60. The van der Waals surface area contributed by atoms with Gasteiger partial charge >= 0.3 is 0 Å². The van der Waals surface area contributed by atoms with Gasteiger partial charge < -0.3 is 0 Å². The van der Waals surface area contributed by atoms with Crippen LogP contribution in [0.1, 0.15) is 0 Å². The van der Waals surface area contributed by atoms with E-state index < -0.39 is 0 Å². The molecule has 0 aliphatic rings. The summed E-state index contributed by atoms with van der Waals surface area (Å²) >= 11 is 0. The SMILES string of the molecule is c1ccc(-c2nc(-c3ccc(-c4cccnc4)cc3)nc(-c3ccc(-c4ccccc4-c4cc5ccc6cccc7c8cccc9ccc%10cccc(c(c4)c5c67)c%10c98)cc3)n2)cc1. The van der Waals surface area contributed by atoms with Gasteiger partial charge in [0.1, 0.15) is 0 Å². The van der Waals surface area contributed by atoms with Gasteiger partial charge in [0.2, 0.25) is 0 Å². The summed E-state index contributed by atoms with van der Waals surface area (Å²) in [5.74, 6) is 1.88. The third-order valence-corrected chi connectivity index (χ3v) is 12.9. The Kier molecular flexibility index (Phi) is 8.18. The summed E-state index contributed by atoms with van der Waals surface area (Å²) in [5.41, 5.74) is 9.56. The average Bonchev–Trinajstić information content (AvgIpc) is 3.37. The van der Waals surface area contributed by atoms with E-state index in [9.17, 15) is 0 Å². The molecule has 0 fully saturated rings. The molecule has 4 heteroatoms. The Morgan fingerprint density at radius 1 is 0.250 bits per heavy atom. The van der Waals surface area contributed by atoms with Crippen molar-refractivity contribution in [2.45, 2.75) is 0 Å². The van der Waals surface area contributed by atoms with Gasteiger partial charge in [-0.05, 0) is 116 Å². The van der Waals surface area contributed by atoms with Crippen LogP contribution in [0.3, 0.4) is 0 Å². The molecule has 13 aromatic rings. The molecule has 0 N–H and O–H groups in total. The van der Waals surface area contributed by atoms with Crippen LogP contribution in [0, 0.1) is 0 Å². The zero-order valence-electron chi connectivity index (χ0n) is 34.6. The van der Waals surface area contributed by atoms with Gasteiger partial charge in [-0.3, -0.25) is 4.98 Å². The zero-order valence-corrected chi connectivity index (χ0v) is 34.6. The summed E-state index contributed by atoms with van der Waals surface area (Å²) in [7, 11) is 0. The molecule has 2 aromatic heterocycles. The fraction of sp³-hybridized carbons (Fsp3) is 0. The van der Waals surface area contributed by atoms with E-state index in [0.717, 1.165) is 38.9 Å². The lowest BCUT2D eigenvalue weighted by Gasteiger charge is -2.18.